The first kappa shape index (κ1) is 108. The fraction of sp³-hybridized carbons (Fsp3) is 0.883. The zero-order chi connectivity index (χ0) is 87.8. The van der Waals surface area contributed by atoms with Crippen LogP contribution in [-0.4, -0.2) is 340 Å². The second-order valence-corrected chi connectivity index (χ2v) is 31.7. The highest BCUT2D eigenvalue weighted by Crippen LogP contribution is 2.42. The zero-order valence-corrected chi connectivity index (χ0v) is 70.8. The summed E-state index contributed by atoms with van der Waals surface area (Å²) in [7, 11) is -3.07. The average molecular weight is 1740 g/mol. The molecule has 3 heterocycles. The van der Waals surface area contributed by atoms with Crippen molar-refractivity contribution in [3.05, 3.63) is 0 Å². The van der Waals surface area contributed by atoms with Crippen molar-refractivity contribution in [1.29, 1.82) is 0 Å². The van der Waals surface area contributed by atoms with Crippen LogP contribution in [0.3, 0.4) is 0 Å². The Bertz CT molecular complexity index is 2870. The minimum absolute atomic E-state index is 0.0284. The molecule has 0 aromatic heterocycles. The molecule has 3 saturated heterocycles. The van der Waals surface area contributed by atoms with E-state index in [9.17, 15) is 104 Å². The Labute approximate surface area is 697 Å². The summed E-state index contributed by atoms with van der Waals surface area (Å²) in [5, 5.41) is 124. The number of carbonyl (C=O) groups excluding carboxylic acids is 9. The summed E-state index contributed by atoms with van der Waals surface area (Å²) < 4.78 is 70.9. The van der Waals surface area contributed by atoms with Gasteiger partial charge in [-0.25, -0.2) is 4.57 Å². The van der Waals surface area contributed by atoms with Gasteiger partial charge in [0.25, 0.3) is 0 Å². The van der Waals surface area contributed by atoms with Crippen molar-refractivity contribution in [2.24, 2.45) is 23.7 Å². The molecule has 20 N–H and O–H groups in total. The van der Waals surface area contributed by atoms with Gasteiger partial charge in [0, 0.05) is 128 Å². The Balaban J connectivity index is 1.54. The number of phosphoric ester groups is 1. The first-order valence-electron chi connectivity index (χ1n) is 42.2. The monoisotopic (exact) mass is 1740 g/mol. The minimum atomic E-state index is -4.13. The summed E-state index contributed by atoms with van der Waals surface area (Å²) >= 11 is 0. The Kier molecular flexibility index (Phi) is 58.3. The van der Waals surface area contributed by atoms with Crippen molar-refractivity contribution in [3.63, 3.8) is 0 Å². The number of rotatable bonds is 69. The number of hydrogen-bond acceptors (Lipinski definition) is 31. The van der Waals surface area contributed by atoms with Gasteiger partial charge in [0.2, 0.25) is 53.2 Å². The van der Waals surface area contributed by atoms with Crippen LogP contribution < -0.4 is 47.9 Å². The normalized spacial score (nSPS) is 24.3. The van der Waals surface area contributed by atoms with Crippen LogP contribution in [0.2, 0.25) is 0 Å². The van der Waals surface area contributed by atoms with E-state index in [1.54, 1.807) is 20.8 Å². The van der Waals surface area contributed by atoms with Gasteiger partial charge in [0.05, 0.1) is 104 Å². The predicted molar refractivity (Wildman–Crippen MR) is 425 cm³/mol. The van der Waals surface area contributed by atoms with Gasteiger partial charge in [-0.05, 0) is 64.2 Å². The highest BCUT2D eigenvalue weighted by molar-refractivity contribution is 7.47. The molecular weight excluding hydrogens is 1590 g/mol. The number of amides is 9. The van der Waals surface area contributed by atoms with Gasteiger partial charge in [-0.2, -0.15) is 0 Å². The lowest BCUT2D eigenvalue weighted by Gasteiger charge is -2.40. The maximum absolute atomic E-state index is 14.4. The molecule has 692 valence electrons. The van der Waals surface area contributed by atoms with E-state index in [2.05, 4.69) is 52.4 Å². The molecule has 119 heavy (non-hydrogen) atoms. The van der Waals surface area contributed by atoms with Crippen LogP contribution >= 0.6 is 7.82 Å². The van der Waals surface area contributed by atoms with Crippen molar-refractivity contribution >= 4 is 61.0 Å². The van der Waals surface area contributed by atoms with E-state index in [-0.39, 0.29) is 175 Å². The van der Waals surface area contributed by atoms with Crippen LogP contribution in [0.5, 0.6) is 0 Å². The van der Waals surface area contributed by atoms with Crippen molar-refractivity contribution in [2.45, 2.75) is 267 Å². The summed E-state index contributed by atoms with van der Waals surface area (Å²) in [5.74, 6) is -6.08. The third-order valence-corrected chi connectivity index (χ3v) is 21.4. The van der Waals surface area contributed by atoms with E-state index in [0.717, 1.165) is 58.5 Å². The second-order valence-electron chi connectivity index (χ2n) is 30.1. The number of aliphatic hydroxyl groups is 10. The number of unbranched alkanes of at least 4 members (excludes halogenated alkanes) is 11. The topological polar surface area (TPSA) is 603 Å². The summed E-state index contributed by atoms with van der Waals surface area (Å²) in [6.07, 6.45) is -2.51. The van der Waals surface area contributed by atoms with E-state index in [0.29, 0.717) is 64.5 Å². The van der Waals surface area contributed by atoms with Crippen LogP contribution in [0.15, 0.2) is 0 Å². The van der Waals surface area contributed by atoms with Gasteiger partial charge < -0.3 is 146 Å². The fourth-order valence-corrected chi connectivity index (χ4v) is 13.4. The molecule has 19 atom stereocenters. The van der Waals surface area contributed by atoms with Crippen LogP contribution in [0.25, 0.3) is 0 Å². The van der Waals surface area contributed by atoms with Crippen LogP contribution in [-0.2, 0) is 99.4 Å². The van der Waals surface area contributed by atoms with Gasteiger partial charge in [-0.1, -0.05) is 72.1 Å². The molecule has 0 aromatic carbocycles. The molecule has 3 fully saturated rings. The lowest BCUT2D eigenvalue weighted by atomic mass is 9.92. The lowest BCUT2D eigenvalue weighted by Crippen LogP contribution is -2.55. The molecule has 0 bridgehead atoms. The summed E-state index contributed by atoms with van der Waals surface area (Å²) in [6.45, 7) is 5.19. The molecule has 9 amide bonds. The second kappa shape index (κ2) is 64.4. The quantitative estimate of drug-likeness (QED) is 0.0216. The third kappa shape index (κ3) is 46.8. The Hall–Kier alpha value is -5.42. The molecule has 42 heteroatoms. The van der Waals surface area contributed by atoms with Gasteiger partial charge in [0.1, 0.15) is 48.7 Å². The number of aliphatic hydroxyl groups excluding tert-OH is 10. The van der Waals surface area contributed by atoms with E-state index < -0.39 is 179 Å². The minimum Gasteiger partial charge on any atom is -0.396 e. The molecule has 0 saturated carbocycles. The first-order valence-corrected chi connectivity index (χ1v) is 43.7. The zero-order valence-electron chi connectivity index (χ0n) is 69.9. The van der Waals surface area contributed by atoms with Crippen LogP contribution in [0.4, 0.5) is 0 Å². The molecule has 3 aliphatic rings. The number of ether oxygens (including phenoxy) is 9. The largest absolute Gasteiger partial charge is 0.471 e. The van der Waals surface area contributed by atoms with Gasteiger partial charge in [-0.3, -0.25) is 52.2 Å². The van der Waals surface area contributed by atoms with E-state index in [1.807, 2.05) is 0 Å². The highest BCUT2D eigenvalue weighted by Gasteiger charge is 2.45. The van der Waals surface area contributed by atoms with E-state index in [1.165, 1.54) is 0 Å². The van der Waals surface area contributed by atoms with Gasteiger partial charge in [-0.15, -0.1) is 0 Å². The number of phosphoric acid groups is 1. The molecule has 41 nitrogen and oxygen atoms in total. The van der Waals surface area contributed by atoms with Gasteiger partial charge in [0.15, 0.2) is 18.9 Å². The van der Waals surface area contributed by atoms with E-state index in [4.69, 9.17) is 47.2 Å². The summed E-state index contributed by atoms with van der Waals surface area (Å²) in [6, 6.07) is -2.32. The van der Waals surface area contributed by atoms with Crippen LogP contribution in [0, 0.1) is 23.7 Å². The number of hydrogen-bond donors (Lipinski definition) is 20. The third-order valence-electron chi connectivity index (χ3n) is 20.5. The molecule has 0 radical (unpaired) electrons. The smallest absolute Gasteiger partial charge is 0.396 e. The molecular formula is C77H142N9O32P. The molecule has 17 unspecified atom stereocenters. The fourth-order valence-electron chi connectivity index (χ4n) is 12.9. The Morgan fingerprint density at radius 3 is 1.03 bits per heavy atom. The summed E-state index contributed by atoms with van der Waals surface area (Å²) in [5.41, 5.74) is 0. The van der Waals surface area contributed by atoms with Crippen molar-refractivity contribution in [2.75, 3.05) is 145 Å². The first-order chi connectivity index (χ1) is 57.1. The number of carbonyl (C=O) groups is 9. The van der Waals surface area contributed by atoms with Crippen LogP contribution in [0.1, 0.15) is 181 Å². The van der Waals surface area contributed by atoms with E-state index >= 15 is 0 Å². The molecule has 0 aliphatic carbocycles. The van der Waals surface area contributed by atoms with Crippen molar-refractivity contribution < 1.29 is 155 Å². The number of nitrogens with one attached hydrogen (secondary N) is 9. The Morgan fingerprint density at radius 2 is 0.664 bits per heavy atom. The maximum Gasteiger partial charge on any atom is 0.471 e. The molecule has 0 spiro atoms. The highest BCUT2D eigenvalue weighted by atomic mass is 31.2. The molecule has 3 aliphatic heterocycles. The maximum atomic E-state index is 14.4. The Morgan fingerprint density at radius 1 is 0.353 bits per heavy atom. The SMILES string of the molecule is COP(=O)(O)OCC(CO)CCCCNC(=O)CCCCCCCCCCCNC(=O)[C@H](CCCCNC(=O)CCC(=O)NCCOCCOC1OC(CO)C(O)C(O)C1C)NC(=O)[C@H](CCCCNC(=O)CCC(=O)NCCOCCOC1OC(CO)C(O)C(O)C1C)NC(=O)CCC(=O)NCCOCCOC1OC(CO)C(O)C(O)C1C. The average Bonchev–Trinajstić information content (AvgIpc) is 0.827. The standard InChI is InChI=1S/C77H142N9O32P/c1-51-67(98)70(101)57(47-88)116-75(51)112-43-40-109-37-34-81-63(94)26-24-61(92)79-31-18-14-21-55(73(104)84-33-16-11-9-7-5-6-8-10-12-23-60(91)78-30-17-13-20-54(46-87)50-115-119(106,107)108-4)86-74(105)56(85-66(97)29-28-65(96)83-36-39-111-42-45-114-77-53(3)69(100)72(103)59(49-90)118-77)22-15-19-32-80-62(93)25-27-64(95)82-35-38-110-41-44-113-76-52(2)68(99)71(102)58(48-89)117-76/h51-59,67-72,75-77,87-90,98-103H,5-50H2,1-4H3,(H,78,91)(H,79,92)(H,80,93)(H,81,94)(H,82,95)(H,83,96)(H,84,104)(H,85,97)(H,86,105)(H,106,107)/t51?,52?,53?,54?,55-,56-,57?,58?,59?,67?,68?,69?,70?,71?,72?,75?,76?,77?/m0/s1. The summed E-state index contributed by atoms with van der Waals surface area (Å²) in [4.78, 5) is 128. The molecule has 0 aromatic rings. The lowest BCUT2D eigenvalue weighted by molar-refractivity contribution is -0.284. The molecule has 3 rings (SSSR count). The van der Waals surface area contributed by atoms with Crippen molar-refractivity contribution in [3.8, 4) is 0 Å². The van der Waals surface area contributed by atoms with Gasteiger partial charge >= 0.3 is 7.82 Å². The van der Waals surface area contributed by atoms with Crippen molar-refractivity contribution in [1.82, 2.24) is 47.9 Å². The predicted octanol–water partition coefficient (Wildman–Crippen LogP) is -2.78.